The van der Waals surface area contributed by atoms with Crippen LogP contribution in [0, 0.1) is 0 Å². The highest BCUT2D eigenvalue weighted by molar-refractivity contribution is 6.30. The molecule has 1 aliphatic rings. The van der Waals surface area contributed by atoms with Crippen LogP contribution in [-0.4, -0.2) is 36.0 Å². The highest BCUT2D eigenvalue weighted by Gasteiger charge is 2.36. The SMILES string of the molecule is CCCC1NC(=O)N(CCOc2cccc(Cl)c2)C1=O. The molecule has 1 aromatic carbocycles. The molecule has 2 rings (SSSR count). The van der Waals surface area contributed by atoms with E-state index in [1.807, 2.05) is 6.92 Å². The molecule has 108 valence electrons. The highest BCUT2D eigenvalue weighted by Crippen LogP contribution is 2.17. The van der Waals surface area contributed by atoms with Crippen molar-refractivity contribution in [3.63, 3.8) is 0 Å². The Hall–Kier alpha value is -1.75. The number of carbonyl (C=O) groups is 2. The van der Waals surface area contributed by atoms with Gasteiger partial charge in [0.1, 0.15) is 18.4 Å². The average Bonchev–Trinajstić information content (AvgIpc) is 2.67. The van der Waals surface area contributed by atoms with Gasteiger partial charge in [0.15, 0.2) is 0 Å². The number of hydrogen-bond acceptors (Lipinski definition) is 3. The number of nitrogens with one attached hydrogen (secondary N) is 1. The number of rotatable bonds is 6. The van der Waals surface area contributed by atoms with Crippen LogP contribution in [0.15, 0.2) is 24.3 Å². The van der Waals surface area contributed by atoms with E-state index in [0.29, 0.717) is 17.2 Å². The topological polar surface area (TPSA) is 58.6 Å². The van der Waals surface area contributed by atoms with Crippen LogP contribution in [0.5, 0.6) is 5.75 Å². The standard InChI is InChI=1S/C14H17ClN2O3/c1-2-4-12-13(18)17(14(19)16-12)7-8-20-11-6-3-5-10(15)9-11/h3,5-6,9,12H,2,4,7-8H2,1H3,(H,16,19). The van der Waals surface area contributed by atoms with Gasteiger partial charge in [0.05, 0.1) is 6.54 Å². The first-order valence-electron chi connectivity index (χ1n) is 6.62. The summed E-state index contributed by atoms with van der Waals surface area (Å²) in [5.41, 5.74) is 0. The molecule has 1 atom stereocenters. The first kappa shape index (κ1) is 14.7. The molecule has 1 N–H and O–H groups in total. The molecular formula is C14H17ClN2O3. The molecule has 1 aliphatic heterocycles. The minimum absolute atomic E-state index is 0.174. The fraction of sp³-hybridized carbons (Fsp3) is 0.429. The van der Waals surface area contributed by atoms with Crippen molar-refractivity contribution >= 4 is 23.5 Å². The monoisotopic (exact) mass is 296 g/mol. The van der Waals surface area contributed by atoms with Gasteiger partial charge in [0.25, 0.3) is 5.91 Å². The Bertz CT molecular complexity index is 507. The molecule has 0 aliphatic carbocycles. The van der Waals surface area contributed by atoms with Gasteiger partial charge in [-0.2, -0.15) is 0 Å². The molecule has 0 saturated carbocycles. The summed E-state index contributed by atoms with van der Waals surface area (Å²) in [7, 11) is 0. The first-order valence-corrected chi connectivity index (χ1v) is 7.00. The number of halogens is 1. The number of carbonyl (C=O) groups excluding carboxylic acids is 2. The predicted molar refractivity (Wildman–Crippen MR) is 75.9 cm³/mol. The Balaban J connectivity index is 1.85. The van der Waals surface area contributed by atoms with Crippen molar-refractivity contribution in [2.75, 3.05) is 13.2 Å². The lowest BCUT2D eigenvalue weighted by atomic mass is 10.2. The Labute approximate surface area is 122 Å². The minimum Gasteiger partial charge on any atom is -0.492 e. The van der Waals surface area contributed by atoms with Crippen LogP contribution in [0.25, 0.3) is 0 Å². The zero-order valence-corrected chi connectivity index (χ0v) is 12.0. The van der Waals surface area contributed by atoms with Crippen molar-refractivity contribution in [2.45, 2.75) is 25.8 Å². The summed E-state index contributed by atoms with van der Waals surface area (Å²) >= 11 is 5.84. The van der Waals surface area contributed by atoms with E-state index < -0.39 is 6.04 Å². The van der Waals surface area contributed by atoms with Crippen LogP contribution in [0.2, 0.25) is 5.02 Å². The van der Waals surface area contributed by atoms with Crippen LogP contribution in [0.3, 0.4) is 0 Å². The number of urea groups is 1. The van der Waals surface area contributed by atoms with E-state index in [1.165, 1.54) is 4.90 Å². The maximum Gasteiger partial charge on any atom is 0.324 e. The van der Waals surface area contributed by atoms with Gasteiger partial charge in [-0.3, -0.25) is 9.69 Å². The van der Waals surface area contributed by atoms with E-state index in [2.05, 4.69) is 5.32 Å². The molecule has 0 bridgehead atoms. The molecule has 1 unspecified atom stereocenters. The second kappa shape index (κ2) is 6.61. The van der Waals surface area contributed by atoms with Gasteiger partial charge >= 0.3 is 6.03 Å². The summed E-state index contributed by atoms with van der Waals surface area (Å²) in [4.78, 5) is 24.9. The molecule has 0 aromatic heterocycles. The summed E-state index contributed by atoms with van der Waals surface area (Å²) in [6, 6.07) is 6.26. The van der Waals surface area contributed by atoms with E-state index in [9.17, 15) is 9.59 Å². The lowest BCUT2D eigenvalue weighted by Gasteiger charge is -2.13. The lowest BCUT2D eigenvalue weighted by Crippen LogP contribution is -2.35. The smallest absolute Gasteiger partial charge is 0.324 e. The third kappa shape index (κ3) is 3.42. The molecule has 1 heterocycles. The molecule has 3 amide bonds. The quantitative estimate of drug-likeness (QED) is 0.820. The third-order valence-electron chi connectivity index (χ3n) is 3.06. The number of benzene rings is 1. The van der Waals surface area contributed by atoms with Crippen molar-refractivity contribution in [3.8, 4) is 5.75 Å². The maximum absolute atomic E-state index is 12.0. The summed E-state index contributed by atoms with van der Waals surface area (Å²) in [6.45, 7) is 2.46. The number of hydrogen-bond donors (Lipinski definition) is 1. The van der Waals surface area contributed by atoms with Crippen LogP contribution in [0.1, 0.15) is 19.8 Å². The van der Waals surface area contributed by atoms with Crippen molar-refractivity contribution < 1.29 is 14.3 Å². The largest absolute Gasteiger partial charge is 0.492 e. The van der Waals surface area contributed by atoms with Crippen molar-refractivity contribution in [2.24, 2.45) is 0 Å². The van der Waals surface area contributed by atoms with Crippen molar-refractivity contribution in [1.29, 1.82) is 0 Å². The minimum atomic E-state index is -0.390. The number of ether oxygens (including phenoxy) is 1. The van der Waals surface area contributed by atoms with Gasteiger partial charge in [-0.15, -0.1) is 0 Å². The molecule has 6 heteroatoms. The van der Waals surface area contributed by atoms with Crippen LogP contribution >= 0.6 is 11.6 Å². The Morgan fingerprint density at radius 2 is 2.20 bits per heavy atom. The van der Waals surface area contributed by atoms with Crippen LogP contribution < -0.4 is 10.1 Å². The molecule has 20 heavy (non-hydrogen) atoms. The normalized spacial score (nSPS) is 18.3. The zero-order valence-electron chi connectivity index (χ0n) is 11.3. The van der Waals surface area contributed by atoms with Crippen molar-refractivity contribution in [3.05, 3.63) is 29.3 Å². The Morgan fingerprint density at radius 3 is 2.90 bits per heavy atom. The van der Waals surface area contributed by atoms with Gasteiger partial charge in [-0.05, 0) is 24.6 Å². The first-order chi connectivity index (χ1) is 9.61. The van der Waals surface area contributed by atoms with Gasteiger partial charge < -0.3 is 10.1 Å². The molecule has 0 radical (unpaired) electrons. The van der Waals surface area contributed by atoms with Crippen molar-refractivity contribution in [1.82, 2.24) is 10.2 Å². The van der Waals surface area contributed by atoms with Gasteiger partial charge in [0, 0.05) is 5.02 Å². The average molecular weight is 297 g/mol. The van der Waals surface area contributed by atoms with E-state index in [-0.39, 0.29) is 25.1 Å². The van der Waals surface area contributed by atoms with E-state index in [0.717, 1.165) is 6.42 Å². The van der Waals surface area contributed by atoms with Gasteiger partial charge in [-0.25, -0.2) is 4.79 Å². The van der Waals surface area contributed by atoms with E-state index >= 15 is 0 Å². The Morgan fingerprint density at radius 1 is 1.40 bits per heavy atom. The highest BCUT2D eigenvalue weighted by atomic mass is 35.5. The fourth-order valence-electron chi connectivity index (χ4n) is 2.08. The maximum atomic E-state index is 12.0. The van der Waals surface area contributed by atoms with Gasteiger partial charge in [0.2, 0.25) is 0 Å². The molecule has 0 spiro atoms. The van der Waals surface area contributed by atoms with E-state index in [1.54, 1.807) is 24.3 Å². The zero-order chi connectivity index (χ0) is 14.5. The Kier molecular flexibility index (Phi) is 4.84. The molecular weight excluding hydrogens is 280 g/mol. The van der Waals surface area contributed by atoms with Gasteiger partial charge in [-0.1, -0.05) is 31.0 Å². The summed E-state index contributed by atoms with van der Waals surface area (Å²) < 4.78 is 5.48. The third-order valence-corrected chi connectivity index (χ3v) is 3.30. The summed E-state index contributed by atoms with van der Waals surface area (Å²) in [6.07, 6.45) is 1.51. The molecule has 1 fully saturated rings. The summed E-state index contributed by atoms with van der Waals surface area (Å²) in [5, 5.41) is 3.26. The molecule has 1 saturated heterocycles. The second-order valence-electron chi connectivity index (χ2n) is 4.59. The van der Waals surface area contributed by atoms with Crippen LogP contribution in [-0.2, 0) is 4.79 Å². The summed E-state index contributed by atoms with van der Waals surface area (Å²) in [5.74, 6) is 0.446. The fourth-order valence-corrected chi connectivity index (χ4v) is 2.26. The number of nitrogens with zero attached hydrogens (tertiary/aromatic N) is 1. The molecule has 1 aromatic rings. The predicted octanol–water partition coefficient (Wildman–Crippen LogP) is 2.44. The van der Waals surface area contributed by atoms with Crippen LogP contribution in [0.4, 0.5) is 4.79 Å². The second-order valence-corrected chi connectivity index (χ2v) is 5.02. The number of amides is 3. The number of imide groups is 1. The lowest BCUT2D eigenvalue weighted by molar-refractivity contribution is -0.127. The molecule has 5 nitrogen and oxygen atoms in total. The van der Waals surface area contributed by atoms with E-state index in [4.69, 9.17) is 16.3 Å².